The summed E-state index contributed by atoms with van der Waals surface area (Å²) in [6.45, 7) is 5.02. The van der Waals surface area contributed by atoms with Crippen LogP contribution in [0.25, 0.3) is 0 Å². The summed E-state index contributed by atoms with van der Waals surface area (Å²) in [6.07, 6.45) is 5.95. The molecule has 0 N–H and O–H groups in total. The van der Waals surface area contributed by atoms with Crippen molar-refractivity contribution in [1.29, 1.82) is 0 Å². The molecule has 0 spiro atoms. The summed E-state index contributed by atoms with van der Waals surface area (Å²) in [5, 5.41) is 0. The molecule has 0 aliphatic heterocycles. The zero-order chi connectivity index (χ0) is 17.1. The van der Waals surface area contributed by atoms with Gasteiger partial charge in [0.1, 0.15) is 0 Å². The Hall–Kier alpha value is -1.11. The van der Waals surface area contributed by atoms with Crippen LogP contribution in [-0.4, -0.2) is 25.2 Å². The van der Waals surface area contributed by atoms with E-state index in [-0.39, 0.29) is 11.9 Å². The van der Waals surface area contributed by atoms with Gasteiger partial charge < -0.3 is 9.47 Å². The highest BCUT2D eigenvalue weighted by Gasteiger charge is 2.14. The van der Waals surface area contributed by atoms with Crippen LogP contribution in [0.15, 0.2) is 18.2 Å². The topological polar surface area (TPSA) is 52.6 Å². The second-order valence-corrected chi connectivity index (χ2v) is 6.66. The van der Waals surface area contributed by atoms with Gasteiger partial charge in [-0.25, -0.2) is 9.59 Å². The highest BCUT2D eigenvalue weighted by atomic mass is 127. The van der Waals surface area contributed by atoms with E-state index in [2.05, 4.69) is 36.4 Å². The number of rotatable bonds is 10. The van der Waals surface area contributed by atoms with E-state index in [1.807, 2.05) is 0 Å². The van der Waals surface area contributed by atoms with Gasteiger partial charge in [0.15, 0.2) is 0 Å². The maximum Gasteiger partial charge on any atom is 0.338 e. The van der Waals surface area contributed by atoms with Crippen molar-refractivity contribution in [3.8, 4) is 0 Å². The summed E-state index contributed by atoms with van der Waals surface area (Å²) in [5.41, 5.74) is 0.794. The summed E-state index contributed by atoms with van der Waals surface area (Å²) < 4.78 is 11.3. The maximum atomic E-state index is 12.1. The molecule has 0 saturated carbocycles. The Bertz CT molecular complexity index is 471. The first kappa shape index (κ1) is 19.9. The number of unbranched alkanes of at least 4 members (excludes halogenated alkanes) is 4. The zero-order valence-corrected chi connectivity index (χ0v) is 16.1. The molecule has 0 aliphatic rings. The van der Waals surface area contributed by atoms with E-state index >= 15 is 0 Å². The number of ether oxygens (including phenoxy) is 2. The molecule has 0 amide bonds. The first-order valence-corrected chi connectivity index (χ1v) is 9.31. The summed E-state index contributed by atoms with van der Waals surface area (Å²) >= 11 is 2.08. The number of halogens is 1. The third-order valence-electron chi connectivity index (χ3n) is 3.33. The fourth-order valence-corrected chi connectivity index (χ4v) is 2.70. The molecule has 0 atom stereocenters. The fourth-order valence-electron chi connectivity index (χ4n) is 2.03. The standard InChI is InChI=1S/C18H25IO4/c1-3-5-7-9-22-17(20)14-11-15(13-16(19)12-14)18(21)23-10-8-6-4-2/h11-13H,3-10H2,1-2H3. The number of carbonyl (C=O) groups is 2. The molecule has 4 nitrogen and oxygen atoms in total. The lowest BCUT2D eigenvalue weighted by molar-refractivity contribution is 0.0496. The van der Waals surface area contributed by atoms with Gasteiger partial charge in [0, 0.05) is 3.57 Å². The summed E-state index contributed by atoms with van der Waals surface area (Å²) in [5.74, 6) is -0.778. The largest absolute Gasteiger partial charge is 0.462 e. The van der Waals surface area contributed by atoms with Crippen LogP contribution in [0.3, 0.4) is 0 Å². The van der Waals surface area contributed by atoms with Gasteiger partial charge in [-0.1, -0.05) is 39.5 Å². The third-order valence-corrected chi connectivity index (χ3v) is 3.95. The SMILES string of the molecule is CCCCCOC(=O)c1cc(I)cc(C(=O)OCCCCC)c1. The highest BCUT2D eigenvalue weighted by molar-refractivity contribution is 14.1. The molecule has 1 rings (SSSR count). The molecule has 128 valence electrons. The monoisotopic (exact) mass is 432 g/mol. The Morgan fingerprint density at radius 3 is 1.65 bits per heavy atom. The van der Waals surface area contributed by atoms with Gasteiger partial charge in [-0.3, -0.25) is 0 Å². The molecule has 0 unspecified atom stereocenters. The molecular weight excluding hydrogens is 407 g/mol. The second kappa shape index (κ2) is 11.4. The predicted molar refractivity (Wildman–Crippen MR) is 98.8 cm³/mol. The quantitative estimate of drug-likeness (QED) is 0.297. The summed E-state index contributed by atoms with van der Waals surface area (Å²) in [7, 11) is 0. The van der Waals surface area contributed by atoms with Crippen LogP contribution in [-0.2, 0) is 9.47 Å². The lowest BCUT2D eigenvalue weighted by Crippen LogP contribution is -2.11. The Balaban J connectivity index is 2.63. The Morgan fingerprint density at radius 1 is 0.826 bits per heavy atom. The smallest absolute Gasteiger partial charge is 0.338 e. The van der Waals surface area contributed by atoms with Crippen LogP contribution in [0.1, 0.15) is 73.1 Å². The number of carbonyl (C=O) groups excluding carboxylic acids is 2. The van der Waals surface area contributed by atoms with Crippen LogP contribution in [0, 0.1) is 3.57 Å². The van der Waals surface area contributed by atoms with Crippen LogP contribution in [0.4, 0.5) is 0 Å². The van der Waals surface area contributed by atoms with E-state index in [0.717, 1.165) is 42.1 Å². The van der Waals surface area contributed by atoms with Crippen LogP contribution in [0.2, 0.25) is 0 Å². The minimum absolute atomic E-state index is 0.389. The Kier molecular flexibility index (Phi) is 9.91. The minimum Gasteiger partial charge on any atom is -0.462 e. The van der Waals surface area contributed by atoms with Crippen molar-refractivity contribution in [1.82, 2.24) is 0 Å². The minimum atomic E-state index is -0.389. The summed E-state index contributed by atoms with van der Waals surface area (Å²) in [4.78, 5) is 24.1. The summed E-state index contributed by atoms with van der Waals surface area (Å²) in [6, 6.07) is 4.99. The van der Waals surface area contributed by atoms with Gasteiger partial charge in [0.05, 0.1) is 24.3 Å². The van der Waals surface area contributed by atoms with E-state index < -0.39 is 0 Å². The van der Waals surface area contributed by atoms with Gasteiger partial charge >= 0.3 is 11.9 Å². The number of esters is 2. The fraction of sp³-hybridized carbons (Fsp3) is 0.556. The van der Waals surface area contributed by atoms with Crippen LogP contribution < -0.4 is 0 Å². The van der Waals surface area contributed by atoms with Crippen molar-refractivity contribution in [2.75, 3.05) is 13.2 Å². The van der Waals surface area contributed by atoms with Crippen molar-refractivity contribution in [2.24, 2.45) is 0 Å². The van der Waals surface area contributed by atoms with E-state index in [9.17, 15) is 9.59 Å². The van der Waals surface area contributed by atoms with E-state index in [4.69, 9.17) is 9.47 Å². The van der Waals surface area contributed by atoms with Crippen molar-refractivity contribution in [2.45, 2.75) is 52.4 Å². The first-order valence-electron chi connectivity index (χ1n) is 8.23. The third kappa shape index (κ3) is 7.81. The zero-order valence-electron chi connectivity index (χ0n) is 13.9. The second-order valence-electron chi connectivity index (χ2n) is 5.41. The highest BCUT2D eigenvalue weighted by Crippen LogP contribution is 2.15. The maximum absolute atomic E-state index is 12.1. The molecule has 23 heavy (non-hydrogen) atoms. The molecule has 1 aromatic rings. The predicted octanol–water partition coefficient (Wildman–Crippen LogP) is 4.99. The molecule has 0 heterocycles. The van der Waals surface area contributed by atoms with Crippen LogP contribution in [0.5, 0.6) is 0 Å². The number of hydrogen-bond acceptors (Lipinski definition) is 4. The first-order chi connectivity index (χ1) is 11.1. The van der Waals surface area contributed by atoms with Gasteiger partial charge in [-0.15, -0.1) is 0 Å². The lowest BCUT2D eigenvalue weighted by atomic mass is 10.1. The molecule has 0 fully saturated rings. The van der Waals surface area contributed by atoms with Crippen LogP contribution >= 0.6 is 22.6 Å². The molecule has 0 aliphatic carbocycles. The van der Waals surface area contributed by atoms with E-state index in [0.29, 0.717) is 24.3 Å². The van der Waals surface area contributed by atoms with Gasteiger partial charge in [-0.2, -0.15) is 0 Å². The molecule has 5 heteroatoms. The van der Waals surface area contributed by atoms with E-state index in [1.54, 1.807) is 18.2 Å². The Morgan fingerprint density at radius 2 is 1.26 bits per heavy atom. The average molecular weight is 432 g/mol. The molecule has 0 aromatic heterocycles. The van der Waals surface area contributed by atoms with Gasteiger partial charge in [-0.05, 0) is 53.6 Å². The molecule has 0 bridgehead atoms. The van der Waals surface area contributed by atoms with Crippen molar-refractivity contribution in [3.63, 3.8) is 0 Å². The van der Waals surface area contributed by atoms with Gasteiger partial charge in [0.2, 0.25) is 0 Å². The van der Waals surface area contributed by atoms with Crippen molar-refractivity contribution >= 4 is 34.5 Å². The van der Waals surface area contributed by atoms with Crippen molar-refractivity contribution < 1.29 is 19.1 Å². The van der Waals surface area contributed by atoms with Gasteiger partial charge in [0.25, 0.3) is 0 Å². The average Bonchev–Trinajstić information content (AvgIpc) is 2.54. The normalized spacial score (nSPS) is 10.4. The molecule has 0 saturated heterocycles. The van der Waals surface area contributed by atoms with Crippen molar-refractivity contribution in [3.05, 3.63) is 32.9 Å². The molecule has 1 aromatic carbocycles. The van der Waals surface area contributed by atoms with E-state index in [1.165, 1.54) is 0 Å². The number of benzene rings is 1. The Labute approximate surface area is 152 Å². The lowest BCUT2D eigenvalue weighted by Gasteiger charge is -2.08. The molecular formula is C18H25IO4. The molecule has 0 radical (unpaired) electrons. The number of hydrogen-bond donors (Lipinski definition) is 0.